The van der Waals surface area contributed by atoms with Gasteiger partial charge in [-0.1, -0.05) is 48.5 Å². The average Bonchev–Trinajstić information content (AvgIpc) is 2.88. The van der Waals surface area contributed by atoms with Gasteiger partial charge in [-0.3, -0.25) is 0 Å². The number of halogens is 2. The summed E-state index contributed by atoms with van der Waals surface area (Å²) < 4.78 is 58.0. The quantitative estimate of drug-likeness (QED) is 0.406. The van der Waals surface area contributed by atoms with Crippen molar-refractivity contribution in [2.45, 2.75) is 37.5 Å². The minimum absolute atomic E-state index is 0.0680. The highest BCUT2D eigenvalue weighted by atomic mass is 32.2. The van der Waals surface area contributed by atoms with Crippen LogP contribution in [0.15, 0.2) is 72.8 Å². The highest BCUT2D eigenvalue weighted by molar-refractivity contribution is 7.88. The SMILES string of the molecule is CC(c1ccc(-c2ccc(F)cc2)cc1)N1CCC(CC(O)CNS(C)(=O)=O)(c2ccc(F)cc2)OC1=O. The van der Waals surface area contributed by atoms with Gasteiger partial charge < -0.3 is 14.7 Å². The van der Waals surface area contributed by atoms with Gasteiger partial charge in [0.15, 0.2) is 0 Å². The van der Waals surface area contributed by atoms with E-state index in [4.69, 9.17) is 4.74 Å². The maximum Gasteiger partial charge on any atom is 0.411 e. The molecule has 7 nitrogen and oxygen atoms in total. The summed E-state index contributed by atoms with van der Waals surface area (Å²) in [5.41, 5.74) is 1.91. The summed E-state index contributed by atoms with van der Waals surface area (Å²) >= 11 is 0. The fourth-order valence-corrected chi connectivity index (χ4v) is 5.21. The molecule has 1 heterocycles. The van der Waals surface area contributed by atoms with Gasteiger partial charge in [0.1, 0.15) is 17.2 Å². The lowest BCUT2D eigenvalue weighted by Crippen LogP contribution is -2.50. The molecule has 3 atom stereocenters. The first kappa shape index (κ1) is 27.7. The van der Waals surface area contributed by atoms with Gasteiger partial charge in [-0.05, 0) is 53.4 Å². The molecule has 2 N–H and O–H groups in total. The van der Waals surface area contributed by atoms with Crippen LogP contribution in [0.3, 0.4) is 0 Å². The van der Waals surface area contributed by atoms with Crippen LogP contribution in [0.4, 0.5) is 13.6 Å². The number of carbonyl (C=O) groups excluding carboxylic acids is 1. The van der Waals surface area contributed by atoms with Crippen LogP contribution in [0.1, 0.15) is 36.9 Å². The molecular weight excluding hydrogens is 514 g/mol. The number of hydrogen-bond acceptors (Lipinski definition) is 5. The van der Waals surface area contributed by atoms with Gasteiger partial charge in [-0.2, -0.15) is 0 Å². The van der Waals surface area contributed by atoms with E-state index >= 15 is 0 Å². The van der Waals surface area contributed by atoms with Crippen molar-refractivity contribution in [1.29, 1.82) is 0 Å². The lowest BCUT2D eigenvalue weighted by molar-refractivity contribution is -0.0829. The maximum atomic E-state index is 13.6. The number of benzene rings is 3. The standard InChI is InChI=1S/C28H30F2N2O5S/c1-19(20-3-5-21(6-4-20)22-7-11-24(29)12-8-22)32-16-15-28(37-27(32)34,23-9-13-25(30)14-10-23)17-26(33)18-31-38(2,35)36/h3-14,19,26,31,33H,15-18H2,1-2H3. The number of cyclic esters (lactones) is 1. The van der Waals surface area contributed by atoms with Crippen molar-refractivity contribution in [3.63, 3.8) is 0 Å². The van der Waals surface area contributed by atoms with Crippen molar-refractivity contribution >= 4 is 16.1 Å². The Labute approximate surface area is 221 Å². The number of nitrogens with one attached hydrogen (secondary N) is 1. The fraction of sp³-hybridized carbons (Fsp3) is 0.321. The van der Waals surface area contributed by atoms with Crippen molar-refractivity contribution < 1.29 is 31.8 Å². The number of nitrogens with zero attached hydrogens (tertiary/aromatic N) is 1. The van der Waals surface area contributed by atoms with E-state index in [2.05, 4.69) is 4.72 Å². The number of ether oxygens (including phenoxy) is 1. The van der Waals surface area contributed by atoms with E-state index in [0.29, 0.717) is 18.5 Å². The molecular formula is C28H30F2N2O5S. The second kappa shape index (κ2) is 11.2. The van der Waals surface area contributed by atoms with E-state index in [1.54, 1.807) is 17.0 Å². The van der Waals surface area contributed by atoms with Crippen molar-refractivity contribution in [2.75, 3.05) is 19.3 Å². The fourth-order valence-electron chi connectivity index (χ4n) is 4.72. The van der Waals surface area contributed by atoms with E-state index in [-0.39, 0.29) is 24.8 Å². The number of aliphatic hydroxyl groups excluding tert-OH is 1. The molecule has 0 bridgehead atoms. The van der Waals surface area contributed by atoms with Crippen molar-refractivity contribution in [1.82, 2.24) is 9.62 Å². The van der Waals surface area contributed by atoms with Gasteiger partial charge in [0.25, 0.3) is 0 Å². The van der Waals surface area contributed by atoms with Gasteiger partial charge in [-0.25, -0.2) is 26.7 Å². The summed E-state index contributed by atoms with van der Waals surface area (Å²) in [5.74, 6) is -0.761. The lowest BCUT2D eigenvalue weighted by atomic mass is 9.83. The van der Waals surface area contributed by atoms with Crippen LogP contribution in [0, 0.1) is 11.6 Å². The molecule has 0 aliphatic carbocycles. The lowest BCUT2D eigenvalue weighted by Gasteiger charge is -2.44. The summed E-state index contributed by atoms with van der Waals surface area (Å²) in [6, 6.07) is 19.0. The Bertz CT molecular complexity index is 1370. The Hall–Kier alpha value is -3.34. The van der Waals surface area contributed by atoms with Crippen LogP contribution in [0.5, 0.6) is 0 Å². The monoisotopic (exact) mass is 544 g/mol. The van der Waals surface area contributed by atoms with Crippen LogP contribution in [0.2, 0.25) is 0 Å². The van der Waals surface area contributed by atoms with Gasteiger partial charge in [0.2, 0.25) is 10.0 Å². The first-order chi connectivity index (χ1) is 18.0. The molecule has 0 spiro atoms. The zero-order valence-corrected chi connectivity index (χ0v) is 21.9. The summed E-state index contributed by atoms with van der Waals surface area (Å²) in [7, 11) is -3.53. The second-order valence-electron chi connectivity index (χ2n) is 9.60. The van der Waals surface area contributed by atoms with Crippen molar-refractivity contribution in [2.24, 2.45) is 0 Å². The van der Waals surface area contributed by atoms with Crippen LogP contribution >= 0.6 is 0 Å². The first-order valence-corrected chi connectivity index (χ1v) is 14.1. The van der Waals surface area contributed by atoms with Gasteiger partial charge >= 0.3 is 6.09 Å². The predicted molar refractivity (Wildman–Crippen MR) is 140 cm³/mol. The number of rotatable bonds is 9. The van der Waals surface area contributed by atoms with Crippen LogP contribution in [-0.4, -0.2) is 50.0 Å². The van der Waals surface area contributed by atoms with E-state index < -0.39 is 33.6 Å². The Morgan fingerprint density at radius 2 is 1.50 bits per heavy atom. The molecule has 1 saturated heterocycles. The molecule has 0 radical (unpaired) electrons. The third kappa shape index (κ3) is 6.56. The van der Waals surface area contributed by atoms with Crippen molar-refractivity contribution in [3.8, 4) is 11.1 Å². The predicted octanol–water partition coefficient (Wildman–Crippen LogP) is 4.73. The molecule has 1 fully saturated rings. The Kier molecular flexibility index (Phi) is 8.15. The molecule has 1 aliphatic heterocycles. The Morgan fingerprint density at radius 3 is 2.03 bits per heavy atom. The molecule has 1 aliphatic rings. The van der Waals surface area contributed by atoms with E-state index in [1.165, 1.54) is 36.4 Å². The highest BCUT2D eigenvalue weighted by Crippen LogP contribution is 2.40. The van der Waals surface area contributed by atoms with Crippen LogP contribution in [-0.2, 0) is 20.4 Å². The number of amides is 1. The molecule has 202 valence electrons. The first-order valence-electron chi connectivity index (χ1n) is 12.2. The van der Waals surface area contributed by atoms with E-state index in [1.807, 2.05) is 31.2 Å². The largest absolute Gasteiger partial charge is 0.438 e. The third-order valence-corrected chi connectivity index (χ3v) is 7.52. The number of aliphatic hydroxyl groups is 1. The third-order valence-electron chi connectivity index (χ3n) is 6.83. The normalized spacial score (nSPS) is 19.6. The molecule has 10 heteroatoms. The van der Waals surface area contributed by atoms with Crippen molar-refractivity contribution in [3.05, 3.63) is 95.6 Å². The van der Waals surface area contributed by atoms with E-state index in [0.717, 1.165) is 22.9 Å². The maximum absolute atomic E-state index is 13.6. The summed E-state index contributed by atoms with van der Waals surface area (Å²) in [5, 5.41) is 10.6. The highest BCUT2D eigenvalue weighted by Gasteiger charge is 2.45. The van der Waals surface area contributed by atoms with Gasteiger partial charge in [-0.15, -0.1) is 0 Å². The number of hydrogen-bond donors (Lipinski definition) is 2. The van der Waals surface area contributed by atoms with E-state index in [9.17, 15) is 27.1 Å². The topological polar surface area (TPSA) is 95.9 Å². The Morgan fingerprint density at radius 1 is 0.974 bits per heavy atom. The molecule has 3 aromatic rings. The summed E-state index contributed by atoms with van der Waals surface area (Å²) in [6.07, 6.45) is -0.522. The molecule has 0 aromatic heterocycles. The molecule has 0 saturated carbocycles. The Balaban J connectivity index is 1.51. The minimum atomic E-state index is -3.53. The zero-order valence-electron chi connectivity index (χ0n) is 21.1. The van der Waals surface area contributed by atoms with Gasteiger partial charge in [0, 0.05) is 25.9 Å². The summed E-state index contributed by atoms with van der Waals surface area (Å²) in [4.78, 5) is 14.9. The molecule has 3 unspecified atom stereocenters. The average molecular weight is 545 g/mol. The number of carbonyl (C=O) groups is 1. The van der Waals surface area contributed by atoms with Crippen LogP contribution in [0.25, 0.3) is 11.1 Å². The molecule has 4 rings (SSSR count). The molecule has 38 heavy (non-hydrogen) atoms. The van der Waals surface area contributed by atoms with Gasteiger partial charge in [0.05, 0.1) is 18.4 Å². The minimum Gasteiger partial charge on any atom is -0.438 e. The smallest absolute Gasteiger partial charge is 0.411 e. The number of sulfonamides is 1. The molecule has 3 aromatic carbocycles. The summed E-state index contributed by atoms with van der Waals surface area (Å²) in [6.45, 7) is 1.92. The van der Waals surface area contributed by atoms with Crippen LogP contribution < -0.4 is 4.72 Å². The molecule has 1 amide bonds. The second-order valence-corrected chi connectivity index (χ2v) is 11.4. The zero-order chi connectivity index (χ0) is 27.5.